The maximum absolute atomic E-state index is 10.9. The number of pyridine rings is 1. The third-order valence-electron chi connectivity index (χ3n) is 3.83. The number of rotatable bonds is 5. The zero-order chi connectivity index (χ0) is 16.3. The normalized spacial score (nSPS) is 11.2. The van der Waals surface area contributed by atoms with Gasteiger partial charge in [-0.15, -0.1) is 0 Å². The number of benzene rings is 1. The Hall–Kier alpha value is -2.16. The Morgan fingerprint density at radius 1 is 1.05 bits per heavy atom. The Morgan fingerprint density at radius 3 is 2.05 bits per heavy atom. The van der Waals surface area contributed by atoms with Gasteiger partial charge in [0, 0.05) is 18.3 Å². The lowest BCUT2D eigenvalue weighted by Crippen LogP contribution is -2.01. The van der Waals surface area contributed by atoms with Gasteiger partial charge in [0.15, 0.2) is 0 Å². The van der Waals surface area contributed by atoms with E-state index >= 15 is 0 Å². The van der Waals surface area contributed by atoms with Crippen molar-refractivity contribution >= 4 is 5.97 Å². The number of carboxylic acid groups (broad SMARTS) is 1. The lowest BCUT2D eigenvalue weighted by molar-refractivity contribution is 0.0696. The van der Waals surface area contributed by atoms with E-state index in [1.165, 1.54) is 22.9 Å². The van der Waals surface area contributed by atoms with Gasteiger partial charge in [-0.2, -0.15) is 0 Å². The van der Waals surface area contributed by atoms with Crippen molar-refractivity contribution in [1.82, 2.24) is 4.98 Å². The lowest BCUT2D eigenvalue weighted by Gasteiger charge is -2.14. The van der Waals surface area contributed by atoms with Gasteiger partial charge in [0.05, 0.1) is 5.56 Å². The largest absolute Gasteiger partial charge is 0.478 e. The standard InChI is InChI=1S/C19H23NO2/c1-12(2)16-7-14(8-17(10-16)13(3)4)9-18-6-5-15(11-20-18)19(21)22/h5-8,10-13H,9H2,1-4H3,(H,21,22). The average molecular weight is 297 g/mol. The van der Waals surface area contributed by atoms with E-state index in [0.717, 1.165) is 12.1 Å². The van der Waals surface area contributed by atoms with E-state index in [0.29, 0.717) is 11.8 Å². The van der Waals surface area contributed by atoms with Gasteiger partial charge in [0.1, 0.15) is 0 Å². The molecule has 0 unspecified atom stereocenters. The Balaban J connectivity index is 2.29. The third kappa shape index (κ3) is 3.94. The van der Waals surface area contributed by atoms with Crippen molar-refractivity contribution in [3.63, 3.8) is 0 Å². The quantitative estimate of drug-likeness (QED) is 0.876. The smallest absolute Gasteiger partial charge is 0.337 e. The fourth-order valence-corrected chi connectivity index (χ4v) is 2.38. The zero-order valence-corrected chi connectivity index (χ0v) is 13.6. The van der Waals surface area contributed by atoms with Gasteiger partial charge in [-0.25, -0.2) is 4.79 Å². The van der Waals surface area contributed by atoms with Crippen molar-refractivity contribution in [2.45, 2.75) is 46.0 Å². The zero-order valence-electron chi connectivity index (χ0n) is 13.6. The molecular weight excluding hydrogens is 274 g/mol. The van der Waals surface area contributed by atoms with Gasteiger partial charge in [-0.05, 0) is 40.7 Å². The molecule has 22 heavy (non-hydrogen) atoms. The van der Waals surface area contributed by atoms with E-state index in [1.807, 2.05) is 0 Å². The topological polar surface area (TPSA) is 50.2 Å². The fraction of sp³-hybridized carbons (Fsp3) is 0.368. The lowest BCUT2D eigenvalue weighted by atomic mass is 9.92. The average Bonchev–Trinajstić information content (AvgIpc) is 2.47. The van der Waals surface area contributed by atoms with Crippen molar-refractivity contribution in [3.8, 4) is 0 Å². The summed E-state index contributed by atoms with van der Waals surface area (Å²) in [5, 5.41) is 8.92. The van der Waals surface area contributed by atoms with Crippen LogP contribution in [0.3, 0.4) is 0 Å². The molecule has 0 atom stereocenters. The van der Waals surface area contributed by atoms with E-state index in [1.54, 1.807) is 12.1 Å². The number of aromatic carboxylic acids is 1. The molecule has 1 N–H and O–H groups in total. The van der Waals surface area contributed by atoms with E-state index < -0.39 is 5.97 Å². The van der Waals surface area contributed by atoms with E-state index in [-0.39, 0.29) is 5.56 Å². The summed E-state index contributed by atoms with van der Waals surface area (Å²) in [5.74, 6) is 0.0301. The van der Waals surface area contributed by atoms with Gasteiger partial charge in [0.2, 0.25) is 0 Å². The highest BCUT2D eigenvalue weighted by atomic mass is 16.4. The van der Waals surface area contributed by atoms with Crippen molar-refractivity contribution in [2.75, 3.05) is 0 Å². The number of carbonyl (C=O) groups is 1. The molecule has 0 radical (unpaired) electrons. The summed E-state index contributed by atoms with van der Waals surface area (Å²) in [6.07, 6.45) is 2.15. The molecule has 0 amide bonds. The molecule has 0 aliphatic carbocycles. The number of hydrogen-bond donors (Lipinski definition) is 1. The second kappa shape index (κ2) is 6.73. The number of hydrogen-bond acceptors (Lipinski definition) is 2. The molecule has 0 aliphatic rings. The molecule has 1 heterocycles. The molecule has 3 heteroatoms. The molecule has 1 aromatic heterocycles. The summed E-state index contributed by atoms with van der Waals surface area (Å²) in [7, 11) is 0. The molecule has 0 saturated carbocycles. The molecule has 116 valence electrons. The molecule has 3 nitrogen and oxygen atoms in total. The van der Waals surface area contributed by atoms with Crippen molar-refractivity contribution < 1.29 is 9.90 Å². The second-order valence-corrected chi connectivity index (χ2v) is 6.34. The van der Waals surface area contributed by atoms with Crippen LogP contribution in [0, 0.1) is 0 Å². The molecule has 0 aliphatic heterocycles. The molecule has 0 bridgehead atoms. The van der Waals surface area contributed by atoms with Crippen LogP contribution in [0.15, 0.2) is 36.5 Å². The van der Waals surface area contributed by atoms with Gasteiger partial charge in [-0.1, -0.05) is 45.9 Å². The second-order valence-electron chi connectivity index (χ2n) is 6.34. The first-order chi connectivity index (χ1) is 10.4. The van der Waals surface area contributed by atoms with Crippen LogP contribution < -0.4 is 0 Å². The Bertz CT molecular complexity index is 631. The summed E-state index contributed by atoms with van der Waals surface area (Å²) >= 11 is 0. The Morgan fingerprint density at radius 2 is 1.64 bits per heavy atom. The van der Waals surface area contributed by atoms with Gasteiger partial charge < -0.3 is 5.11 Å². The van der Waals surface area contributed by atoms with Crippen molar-refractivity contribution in [2.24, 2.45) is 0 Å². The monoisotopic (exact) mass is 297 g/mol. The minimum absolute atomic E-state index is 0.225. The summed E-state index contributed by atoms with van der Waals surface area (Å²) < 4.78 is 0. The van der Waals surface area contributed by atoms with E-state index in [4.69, 9.17) is 5.11 Å². The summed E-state index contributed by atoms with van der Waals surface area (Å²) in [4.78, 5) is 15.1. The van der Waals surface area contributed by atoms with Crippen LogP contribution in [-0.4, -0.2) is 16.1 Å². The highest BCUT2D eigenvalue weighted by molar-refractivity contribution is 5.87. The summed E-state index contributed by atoms with van der Waals surface area (Å²) in [5.41, 5.74) is 5.01. The third-order valence-corrected chi connectivity index (χ3v) is 3.83. The highest BCUT2D eigenvalue weighted by Gasteiger charge is 2.09. The minimum Gasteiger partial charge on any atom is -0.478 e. The Kier molecular flexibility index (Phi) is 4.96. The van der Waals surface area contributed by atoms with Gasteiger partial charge in [-0.3, -0.25) is 4.98 Å². The van der Waals surface area contributed by atoms with Crippen molar-refractivity contribution in [1.29, 1.82) is 0 Å². The minimum atomic E-state index is -0.942. The predicted molar refractivity (Wildman–Crippen MR) is 88.6 cm³/mol. The number of nitrogens with zero attached hydrogens (tertiary/aromatic N) is 1. The van der Waals surface area contributed by atoms with Gasteiger partial charge >= 0.3 is 5.97 Å². The number of aromatic nitrogens is 1. The fourth-order valence-electron chi connectivity index (χ4n) is 2.38. The van der Waals surface area contributed by atoms with Crippen molar-refractivity contribution in [3.05, 3.63) is 64.5 Å². The van der Waals surface area contributed by atoms with Crippen LogP contribution in [0.5, 0.6) is 0 Å². The van der Waals surface area contributed by atoms with Crippen LogP contribution in [-0.2, 0) is 6.42 Å². The molecule has 1 aromatic carbocycles. The molecule has 0 spiro atoms. The first kappa shape index (κ1) is 16.2. The van der Waals surface area contributed by atoms with Crippen LogP contribution in [0.1, 0.15) is 72.3 Å². The SMILES string of the molecule is CC(C)c1cc(Cc2ccc(C(=O)O)cn2)cc(C(C)C)c1. The number of carboxylic acids is 1. The Labute approximate surface area is 132 Å². The molecule has 2 rings (SSSR count). The highest BCUT2D eigenvalue weighted by Crippen LogP contribution is 2.24. The molecular formula is C19H23NO2. The maximum atomic E-state index is 10.9. The molecule has 0 saturated heterocycles. The van der Waals surface area contributed by atoms with Crippen LogP contribution >= 0.6 is 0 Å². The van der Waals surface area contributed by atoms with Gasteiger partial charge in [0.25, 0.3) is 0 Å². The first-order valence-electron chi connectivity index (χ1n) is 7.68. The summed E-state index contributed by atoms with van der Waals surface area (Å²) in [6.45, 7) is 8.79. The summed E-state index contributed by atoms with van der Waals surface area (Å²) in [6, 6.07) is 10.1. The van der Waals surface area contributed by atoms with E-state index in [2.05, 4.69) is 50.9 Å². The predicted octanol–water partition coefficient (Wildman–Crippen LogP) is 4.62. The van der Waals surface area contributed by atoms with Crippen LogP contribution in [0.4, 0.5) is 0 Å². The first-order valence-corrected chi connectivity index (χ1v) is 7.68. The van der Waals surface area contributed by atoms with Crippen LogP contribution in [0.25, 0.3) is 0 Å². The molecule has 0 fully saturated rings. The van der Waals surface area contributed by atoms with Crippen LogP contribution in [0.2, 0.25) is 0 Å². The molecule has 2 aromatic rings. The van der Waals surface area contributed by atoms with E-state index in [9.17, 15) is 4.79 Å². The maximum Gasteiger partial charge on any atom is 0.337 e.